The molecule has 1 aromatic rings. The molecule has 2 rings (SSSR count). The number of halogens is 2. The maximum Gasteiger partial charge on any atom is 0.308 e. The van der Waals surface area contributed by atoms with Crippen LogP contribution in [0, 0.1) is 5.92 Å². The molecule has 0 aromatic heterocycles. The van der Waals surface area contributed by atoms with Crippen molar-refractivity contribution >= 4 is 40.8 Å². The lowest BCUT2D eigenvalue weighted by Crippen LogP contribution is -2.25. The fraction of sp³-hybridized carbons (Fsp3) is 0.273. The molecule has 6 heteroatoms. The van der Waals surface area contributed by atoms with E-state index in [2.05, 4.69) is 0 Å². The Morgan fingerprint density at radius 2 is 2.06 bits per heavy atom. The molecule has 0 unspecified atom stereocenters. The Kier molecular flexibility index (Phi) is 3.26. The lowest BCUT2D eigenvalue weighted by molar-refractivity contribution is -0.141. The SMILES string of the molecule is O=C(O)[C@H]1CC(=O)N(c2ccc(Cl)c(Cl)c2)C1. The topological polar surface area (TPSA) is 57.6 Å². The first-order valence-electron chi connectivity index (χ1n) is 4.97. The molecule has 0 radical (unpaired) electrons. The fourth-order valence-electron chi connectivity index (χ4n) is 1.78. The van der Waals surface area contributed by atoms with Gasteiger partial charge in [-0.25, -0.2) is 0 Å². The van der Waals surface area contributed by atoms with Crippen LogP contribution in [0.2, 0.25) is 10.0 Å². The van der Waals surface area contributed by atoms with Crippen molar-refractivity contribution in [3.05, 3.63) is 28.2 Å². The molecule has 0 spiro atoms. The average molecular weight is 274 g/mol. The monoisotopic (exact) mass is 273 g/mol. The third-order valence-corrected chi connectivity index (χ3v) is 3.43. The Hall–Kier alpha value is -1.26. The largest absolute Gasteiger partial charge is 0.481 e. The van der Waals surface area contributed by atoms with Crippen molar-refractivity contribution in [1.82, 2.24) is 0 Å². The number of carbonyl (C=O) groups excluding carboxylic acids is 1. The summed E-state index contributed by atoms with van der Waals surface area (Å²) in [5.41, 5.74) is 0.577. The van der Waals surface area contributed by atoms with E-state index in [0.29, 0.717) is 15.7 Å². The van der Waals surface area contributed by atoms with Gasteiger partial charge in [-0.2, -0.15) is 0 Å². The first-order valence-corrected chi connectivity index (χ1v) is 5.73. The maximum atomic E-state index is 11.7. The average Bonchev–Trinajstić information content (AvgIpc) is 2.65. The molecule has 1 heterocycles. The van der Waals surface area contributed by atoms with Crippen molar-refractivity contribution in [2.75, 3.05) is 11.4 Å². The van der Waals surface area contributed by atoms with Crippen LogP contribution in [-0.2, 0) is 9.59 Å². The lowest BCUT2D eigenvalue weighted by Gasteiger charge is -2.16. The summed E-state index contributed by atoms with van der Waals surface area (Å²) < 4.78 is 0. The number of hydrogen-bond donors (Lipinski definition) is 1. The zero-order valence-electron chi connectivity index (χ0n) is 8.69. The third kappa shape index (κ3) is 2.37. The zero-order chi connectivity index (χ0) is 12.6. The van der Waals surface area contributed by atoms with Gasteiger partial charge in [0, 0.05) is 18.7 Å². The number of hydrogen-bond acceptors (Lipinski definition) is 2. The van der Waals surface area contributed by atoms with Crippen LogP contribution in [-0.4, -0.2) is 23.5 Å². The van der Waals surface area contributed by atoms with Crippen LogP contribution in [0.25, 0.3) is 0 Å². The molecule has 1 amide bonds. The Morgan fingerprint density at radius 3 is 2.59 bits per heavy atom. The highest BCUT2D eigenvalue weighted by molar-refractivity contribution is 6.42. The molecular formula is C11H9Cl2NO3. The molecule has 1 saturated heterocycles. The minimum Gasteiger partial charge on any atom is -0.481 e. The number of nitrogens with zero attached hydrogens (tertiary/aromatic N) is 1. The number of aliphatic carboxylic acids is 1. The van der Waals surface area contributed by atoms with E-state index in [1.807, 2.05) is 0 Å². The van der Waals surface area contributed by atoms with Gasteiger partial charge in [0.1, 0.15) is 0 Å². The van der Waals surface area contributed by atoms with Gasteiger partial charge in [0.2, 0.25) is 5.91 Å². The van der Waals surface area contributed by atoms with Crippen molar-refractivity contribution < 1.29 is 14.7 Å². The van der Waals surface area contributed by atoms with Crippen LogP contribution in [0.3, 0.4) is 0 Å². The molecule has 0 saturated carbocycles. The molecule has 90 valence electrons. The Bertz CT molecular complexity index is 490. The van der Waals surface area contributed by atoms with Gasteiger partial charge < -0.3 is 10.0 Å². The smallest absolute Gasteiger partial charge is 0.308 e. The number of carbonyl (C=O) groups is 2. The van der Waals surface area contributed by atoms with E-state index < -0.39 is 11.9 Å². The van der Waals surface area contributed by atoms with Crippen molar-refractivity contribution in [3.63, 3.8) is 0 Å². The molecule has 0 aliphatic carbocycles. The molecule has 1 aliphatic rings. The van der Waals surface area contributed by atoms with E-state index in [1.165, 1.54) is 4.90 Å². The van der Waals surface area contributed by atoms with Gasteiger partial charge in [0.05, 0.1) is 16.0 Å². The summed E-state index contributed by atoms with van der Waals surface area (Å²) >= 11 is 11.6. The fourth-order valence-corrected chi connectivity index (χ4v) is 2.07. The quantitative estimate of drug-likeness (QED) is 0.901. The molecule has 1 atom stereocenters. The van der Waals surface area contributed by atoms with Crippen LogP contribution in [0.1, 0.15) is 6.42 Å². The molecule has 1 N–H and O–H groups in total. The van der Waals surface area contributed by atoms with Crippen LogP contribution in [0.4, 0.5) is 5.69 Å². The predicted octanol–water partition coefficient (Wildman–Crippen LogP) is 2.43. The zero-order valence-corrected chi connectivity index (χ0v) is 10.2. The highest BCUT2D eigenvalue weighted by atomic mass is 35.5. The maximum absolute atomic E-state index is 11.7. The van der Waals surface area contributed by atoms with Crippen LogP contribution < -0.4 is 4.90 Å². The van der Waals surface area contributed by atoms with Crippen molar-refractivity contribution in [1.29, 1.82) is 0 Å². The van der Waals surface area contributed by atoms with E-state index in [4.69, 9.17) is 28.3 Å². The van der Waals surface area contributed by atoms with E-state index in [0.717, 1.165) is 0 Å². The normalized spacial score (nSPS) is 19.8. The van der Waals surface area contributed by atoms with Crippen molar-refractivity contribution in [2.45, 2.75) is 6.42 Å². The molecule has 1 fully saturated rings. The molecule has 1 aromatic carbocycles. The van der Waals surface area contributed by atoms with Crippen molar-refractivity contribution in [2.24, 2.45) is 5.92 Å². The van der Waals surface area contributed by atoms with E-state index in [-0.39, 0.29) is 18.9 Å². The summed E-state index contributed by atoms with van der Waals surface area (Å²) in [6.45, 7) is 0.173. The second-order valence-corrected chi connectivity index (χ2v) is 4.66. The minimum absolute atomic E-state index is 0.0234. The van der Waals surface area contributed by atoms with Crippen LogP contribution in [0.15, 0.2) is 18.2 Å². The van der Waals surface area contributed by atoms with Gasteiger partial charge in [-0.15, -0.1) is 0 Å². The summed E-state index contributed by atoms with van der Waals surface area (Å²) in [5, 5.41) is 9.61. The summed E-state index contributed by atoms with van der Waals surface area (Å²) in [7, 11) is 0. The highest BCUT2D eigenvalue weighted by Gasteiger charge is 2.35. The second kappa shape index (κ2) is 4.55. The lowest BCUT2D eigenvalue weighted by atomic mass is 10.1. The van der Waals surface area contributed by atoms with Gasteiger partial charge in [0.25, 0.3) is 0 Å². The van der Waals surface area contributed by atoms with Gasteiger partial charge in [-0.3, -0.25) is 9.59 Å². The number of rotatable bonds is 2. The Labute approximate surface area is 108 Å². The van der Waals surface area contributed by atoms with Crippen molar-refractivity contribution in [3.8, 4) is 0 Å². The summed E-state index contributed by atoms with van der Waals surface area (Å²) in [4.78, 5) is 23.9. The van der Waals surface area contributed by atoms with Crippen LogP contribution in [0.5, 0.6) is 0 Å². The van der Waals surface area contributed by atoms with Crippen LogP contribution >= 0.6 is 23.2 Å². The van der Waals surface area contributed by atoms with Gasteiger partial charge in [-0.05, 0) is 18.2 Å². The predicted molar refractivity (Wildman–Crippen MR) is 64.6 cm³/mol. The van der Waals surface area contributed by atoms with Gasteiger partial charge in [-0.1, -0.05) is 23.2 Å². The van der Waals surface area contributed by atoms with E-state index >= 15 is 0 Å². The molecule has 17 heavy (non-hydrogen) atoms. The number of amides is 1. The second-order valence-electron chi connectivity index (χ2n) is 3.84. The summed E-state index contributed by atoms with van der Waals surface area (Å²) in [5.74, 6) is -1.83. The molecular weight excluding hydrogens is 265 g/mol. The number of carboxylic acids is 1. The molecule has 1 aliphatic heterocycles. The highest BCUT2D eigenvalue weighted by Crippen LogP contribution is 2.30. The van der Waals surface area contributed by atoms with Gasteiger partial charge >= 0.3 is 5.97 Å². The number of carboxylic acid groups (broad SMARTS) is 1. The molecule has 0 bridgehead atoms. The first kappa shape index (κ1) is 12.2. The first-order chi connectivity index (χ1) is 7.99. The summed E-state index contributed by atoms with van der Waals surface area (Å²) in [6.07, 6.45) is 0.0234. The van der Waals surface area contributed by atoms with Gasteiger partial charge in [0.15, 0.2) is 0 Å². The van der Waals surface area contributed by atoms with E-state index in [9.17, 15) is 9.59 Å². The van der Waals surface area contributed by atoms with E-state index in [1.54, 1.807) is 18.2 Å². The Balaban J connectivity index is 2.26. The Morgan fingerprint density at radius 1 is 1.35 bits per heavy atom. The molecule has 4 nitrogen and oxygen atoms in total. The summed E-state index contributed by atoms with van der Waals surface area (Å²) in [6, 6.07) is 4.79. The standard InChI is InChI=1S/C11H9Cl2NO3/c12-8-2-1-7(4-9(8)13)14-5-6(11(16)17)3-10(14)15/h1-2,4,6H,3,5H2,(H,16,17)/t6-/m0/s1. The third-order valence-electron chi connectivity index (χ3n) is 2.69. The number of anilines is 1. The number of benzene rings is 1. The minimum atomic E-state index is -0.957.